The maximum atomic E-state index is 12.9. The molecule has 6 heterocycles. The maximum absolute atomic E-state index is 12.9. The van der Waals surface area contributed by atoms with Crippen LogP contribution in [0.1, 0.15) is 102 Å². The summed E-state index contributed by atoms with van der Waals surface area (Å²) < 4.78 is 3.72. The van der Waals surface area contributed by atoms with Gasteiger partial charge in [-0.25, -0.2) is 9.97 Å². The molecule has 22 heteroatoms. The molecule has 11 rings (SSSR count). The van der Waals surface area contributed by atoms with E-state index in [9.17, 15) is 30.0 Å². The first-order chi connectivity index (χ1) is 33.8. The first-order valence-electron chi connectivity index (χ1n) is 26.0. The number of aromatic nitrogens is 8. The molecule has 0 bridgehead atoms. The van der Waals surface area contributed by atoms with Crippen molar-refractivity contribution in [3.05, 3.63) is 12.7 Å². The molecule has 0 spiro atoms. The predicted molar refractivity (Wildman–Crippen MR) is 262 cm³/mol. The molecule has 0 unspecified atom stereocenters. The van der Waals surface area contributed by atoms with E-state index in [1.54, 1.807) is 12.7 Å². The van der Waals surface area contributed by atoms with E-state index >= 15 is 0 Å². The zero-order valence-corrected chi connectivity index (χ0v) is 40.9. The molecule has 4 aromatic heterocycles. The Bertz CT molecular complexity index is 2370. The zero-order chi connectivity index (χ0) is 48.5. The van der Waals surface area contributed by atoms with Crippen molar-refractivity contribution in [3.8, 4) is 0 Å². The Labute approximate surface area is 408 Å². The van der Waals surface area contributed by atoms with Crippen LogP contribution in [-0.2, 0) is 9.59 Å². The Morgan fingerprint density at radius 1 is 0.557 bits per heavy atom. The van der Waals surface area contributed by atoms with Crippen LogP contribution in [0.2, 0.25) is 0 Å². The van der Waals surface area contributed by atoms with Crippen LogP contribution in [0.4, 0.5) is 23.5 Å². The molecule has 380 valence electrons. The molecule has 70 heavy (non-hydrogen) atoms. The first kappa shape index (κ1) is 47.3. The summed E-state index contributed by atoms with van der Waals surface area (Å²) in [5.41, 5.74) is 2.33. The number of carbonyl (C=O) groups is 2. The SMILES string of the molecule is CN(C)[C@@H]1CCN(c2nc(NC3CCC(Nc4nc(N5CC[C@@H](N(C)C)C5)nc5c4ncn5[C@@H]4C[C@H](NC(=O)C5CCC5)[C@@H](O)[C@H]4O)CC3)c3ncn([C@@H]4C[C@H](NC(=O)C5CCC5)[C@@H](O)[C@H]4O)c3n2)C1. The van der Waals surface area contributed by atoms with Crippen LogP contribution in [-0.4, -0.2) is 196 Å². The van der Waals surface area contributed by atoms with Crippen LogP contribution in [0, 0.1) is 11.8 Å². The lowest BCUT2D eigenvalue weighted by molar-refractivity contribution is -0.129. The smallest absolute Gasteiger partial charge is 0.229 e. The first-order valence-corrected chi connectivity index (χ1v) is 26.0. The van der Waals surface area contributed by atoms with Gasteiger partial charge >= 0.3 is 0 Å². The van der Waals surface area contributed by atoms with Crippen LogP contribution >= 0.6 is 0 Å². The molecule has 7 fully saturated rings. The number of aliphatic hydroxyl groups excluding tert-OH is 4. The lowest BCUT2D eigenvalue weighted by Crippen LogP contribution is -2.46. The van der Waals surface area contributed by atoms with Crippen LogP contribution in [0.25, 0.3) is 22.3 Å². The minimum atomic E-state index is -1.12. The topological polar surface area (TPSA) is 263 Å². The standard InChI is InChI=1S/C48H72N16O6/c1-59(2)29-15-17-61(21-29)47-55-41(35-43(57-47)63(23-49-35)33-19-31(37(65)39(33)67)53-45(69)25-7-5-8-25)51-27-11-13-28(14-12-27)52-42-36-44(58-48(56-42)62-18-16-30(22-62)60(3)4)64(24-50-36)34-20-32(38(66)40(34)68)54-46(70)26-9-6-10-26/h23-34,37-40,65-68H,5-22H2,1-4H3,(H,53,69)(H,54,70)(H,51,55,57)(H,52,56,58)/t27?,28?,29-,30-,31+,32+,33-,34-,37-,38-,39+,40+/m1/s1. The van der Waals surface area contributed by atoms with Crippen LogP contribution in [0.3, 0.4) is 0 Å². The summed E-state index contributed by atoms with van der Waals surface area (Å²) >= 11 is 0. The molecule has 2 saturated heterocycles. The number of imidazole rings is 2. The third kappa shape index (κ3) is 8.90. The molecular formula is C48H72N16O6. The highest BCUT2D eigenvalue weighted by molar-refractivity contribution is 5.86. The molecule has 7 aliphatic rings. The second-order valence-corrected chi connectivity index (χ2v) is 22.0. The van der Waals surface area contributed by atoms with Gasteiger partial charge in [-0.15, -0.1) is 0 Å². The van der Waals surface area contributed by atoms with Gasteiger partial charge < -0.3 is 70.4 Å². The summed E-state index contributed by atoms with van der Waals surface area (Å²) in [6, 6.07) is -1.40. The second-order valence-electron chi connectivity index (χ2n) is 22.0. The molecule has 4 aromatic rings. The molecule has 10 atom stereocenters. The number of likely N-dealkylation sites (N-methyl/N-ethyl adjacent to an activating group) is 2. The van der Waals surface area contributed by atoms with E-state index in [-0.39, 0.29) is 35.7 Å². The third-order valence-electron chi connectivity index (χ3n) is 17.2. The number of nitrogens with zero attached hydrogens (tertiary/aromatic N) is 12. The largest absolute Gasteiger partial charge is 0.388 e. The van der Waals surface area contributed by atoms with Crippen molar-refractivity contribution >= 4 is 57.7 Å². The summed E-state index contributed by atoms with van der Waals surface area (Å²) in [6.45, 7) is 3.14. The fourth-order valence-electron chi connectivity index (χ4n) is 12.0. The summed E-state index contributed by atoms with van der Waals surface area (Å²) in [5, 5.41) is 58.8. The number of amides is 2. The summed E-state index contributed by atoms with van der Waals surface area (Å²) in [4.78, 5) is 64.8. The van der Waals surface area contributed by atoms with E-state index in [0.29, 0.717) is 70.8 Å². The molecule has 0 aromatic carbocycles. The van der Waals surface area contributed by atoms with Crippen molar-refractivity contribution < 1.29 is 30.0 Å². The Morgan fingerprint density at radius 2 is 0.957 bits per heavy atom. The van der Waals surface area contributed by atoms with Gasteiger partial charge in [-0.05, 0) is 105 Å². The van der Waals surface area contributed by atoms with Gasteiger partial charge in [0.2, 0.25) is 23.7 Å². The van der Waals surface area contributed by atoms with E-state index in [2.05, 4.69) is 69.1 Å². The highest BCUT2D eigenvalue weighted by Gasteiger charge is 2.47. The predicted octanol–water partition coefficient (Wildman–Crippen LogP) is 0.985. The van der Waals surface area contributed by atoms with Crippen molar-refractivity contribution in [1.29, 1.82) is 0 Å². The number of carbonyl (C=O) groups excluding carboxylic acids is 2. The van der Waals surface area contributed by atoms with Crippen molar-refractivity contribution in [2.75, 3.05) is 74.8 Å². The van der Waals surface area contributed by atoms with Crippen molar-refractivity contribution in [3.63, 3.8) is 0 Å². The number of hydrogen-bond donors (Lipinski definition) is 8. The Kier molecular flexibility index (Phi) is 13.0. The Hall–Kier alpha value is -5.00. The summed E-state index contributed by atoms with van der Waals surface area (Å²) in [6.07, 6.45) is 10.3. The average Bonchev–Trinajstić information content (AvgIpc) is 4.17. The van der Waals surface area contributed by atoms with Gasteiger partial charge in [0.05, 0.1) is 36.8 Å². The Morgan fingerprint density at radius 3 is 1.30 bits per heavy atom. The number of anilines is 4. The van der Waals surface area contributed by atoms with Gasteiger partial charge in [0.15, 0.2) is 34.0 Å². The number of nitrogens with one attached hydrogen (secondary N) is 4. The minimum absolute atomic E-state index is 0.0301. The van der Waals surface area contributed by atoms with E-state index in [1.807, 2.05) is 9.13 Å². The monoisotopic (exact) mass is 969 g/mol. The van der Waals surface area contributed by atoms with Crippen molar-refractivity contribution in [2.24, 2.45) is 11.8 Å². The molecular weight excluding hydrogens is 897 g/mol. The minimum Gasteiger partial charge on any atom is -0.388 e. The van der Waals surface area contributed by atoms with Crippen molar-refractivity contribution in [1.82, 2.24) is 59.5 Å². The zero-order valence-electron chi connectivity index (χ0n) is 40.9. The van der Waals surface area contributed by atoms with Gasteiger partial charge in [0, 0.05) is 62.2 Å². The maximum Gasteiger partial charge on any atom is 0.229 e. The number of hydrogen-bond acceptors (Lipinski definition) is 18. The van der Waals surface area contributed by atoms with Gasteiger partial charge in [0.25, 0.3) is 0 Å². The normalized spacial score (nSPS) is 32.9. The molecule has 22 nitrogen and oxygen atoms in total. The van der Waals surface area contributed by atoms with Crippen molar-refractivity contribution in [2.45, 2.75) is 163 Å². The molecule has 5 saturated carbocycles. The summed E-state index contributed by atoms with van der Waals surface area (Å²) in [5.74, 6) is 2.26. The van der Waals surface area contributed by atoms with Gasteiger partial charge in [-0.3, -0.25) is 9.59 Å². The molecule has 8 N–H and O–H groups in total. The molecule has 5 aliphatic carbocycles. The lowest BCUT2D eigenvalue weighted by atomic mass is 9.84. The molecule has 0 radical (unpaired) electrons. The second kappa shape index (κ2) is 19.2. The van der Waals surface area contributed by atoms with E-state index in [4.69, 9.17) is 29.9 Å². The van der Waals surface area contributed by atoms with E-state index in [1.165, 1.54) is 0 Å². The Balaban J connectivity index is 0.823. The fraction of sp³-hybridized carbons (Fsp3) is 0.750. The molecule has 2 amide bonds. The highest BCUT2D eigenvalue weighted by Crippen LogP contribution is 2.39. The fourth-order valence-corrected chi connectivity index (χ4v) is 12.0. The van der Waals surface area contributed by atoms with Gasteiger partial charge in [0.1, 0.15) is 24.4 Å². The van der Waals surface area contributed by atoms with Crippen LogP contribution in [0.15, 0.2) is 12.7 Å². The quantitative estimate of drug-likeness (QED) is 0.0876. The van der Waals surface area contributed by atoms with Crippen LogP contribution in [0.5, 0.6) is 0 Å². The summed E-state index contributed by atoms with van der Waals surface area (Å²) in [7, 11) is 8.36. The van der Waals surface area contributed by atoms with Gasteiger partial charge in [-0.2, -0.15) is 19.9 Å². The van der Waals surface area contributed by atoms with Gasteiger partial charge in [-0.1, -0.05) is 12.8 Å². The average molecular weight is 969 g/mol. The third-order valence-corrected chi connectivity index (χ3v) is 17.2. The highest BCUT2D eigenvalue weighted by atomic mass is 16.3. The van der Waals surface area contributed by atoms with Crippen LogP contribution < -0.4 is 31.1 Å². The number of aliphatic hydroxyl groups is 4. The van der Waals surface area contributed by atoms with E-state index < -0.39 is 48.6 Å². The lowest BCUT2D eigenvalue weighted by Gasteiger charge is -2.31. The number of rotatable bonds is 14. The number of fused-ring (bicyclic) bond motifs is 2. The molecule has 2 aliphatic heterocycles. The van der Waals surface area contributed by atoms with E-state index in [0.717, 1.165) is 103 Å².